The second kappa shape index (κ2) is 3.10. The highest BCUT2D eigenvalue weighted by atomic mass is 16.6. The molecule has 1 atom stereocenters. The third-order valence-corrected chi connectivity index (χ3v) is 2.48. The van der Waals surface area contributed by atoms with Gasteiger partial charge >= 0.3 is 5.97 Å². The normalized spacial score (nSPS) is 24.4. The molecule has 1 unspecified atom stereocenters. The van der Waals surface area contributed by atoms with E-state index in [1.807, 2.05) is 25.1 Å². The molecular formula is C11H12O3. The van der Waals surface area contributed by atoms with Crippen molar-refractivity contribution in [3.63, 3.8) is 0 Å². The Morgan fingerprint density at radius 3 is 2.71 bits per heavy atom. The van der Waals surface area contributed by atoms with Crippen molar-refractivity contribution in [3.05, 3.63) is 35.4 Å². The Balaban J connectivity index is 2.44. The van der Waals surface area contributed by atoms with Gasteiger partial charge in [0.05, 0.1) is 19.3 Å². The number of hydrogen-bond donors (Lipinski definition) is 0. The number of esters is 1. The van der Waals surface area contributed by atoms with Gasteiger partial charge in [-0.05, 0) is 13.0 Å². The second-order valence-electron chi connectivity index (χ2n) is 3.56. The van der Waals surface area contributed by atoms with Gasteiger partial charge in [-0.25, -0.2) is 4.79 Å². The van der Waals surface area contributed by atoms with Gasteiger partial charge in [0.15, 0.2) is 0 Å². The zero-order valence-electron chi connectivity index (χ0n) is 8.24. The molecule has 1 aromatic carbocycles. The second-order valence-corrected chi connectivity index (χ2v) is 3.56. The van der Waals surface area contributed by atoms with Crippen LogP contribution in [-0.4, -0.2) is 19.7 Å². The first-order valence-corrected chi connectivity index (χ1v) is 4.49. The number of rotatable bonds is 2. The highest BCUT2D eigenvalue weighted by Gasteiger charge is 2.43. The van der Waals surface area contributed by atoms with Gasteiger partial charge in [0.25, 0.3) is 0 Å². The Morgan fingerprint density at radius 2 is 2.14 bits per heavy atom. The molecule has 1 heterocycles. The minimum atomic E-state index is -0.308. The van der Waals surface area contributed by atoms with E-state index in [2.05, 4.69) is 0 Å². The Labute approximate surface area is 82.6 Å². The molecule has 1 aliphatic rings. The van der Waals surface area contributed by atoms with Crippen molar-refractivity contribution in [2.45, 2.75) is 12.5 Å². The standard InChI is InChI=1S/C11H12O3/c1-11(7-14-11)9-6-4-3-5-8(9)10(12)13-2/h3-6H,7H2,1-2H3. The lowest BCUT2D eigenvalue weighted by molar-refractivity contribution is 0.0597. The topological polar surface area (TPSA) is 38.8 Å². The monoisotopic (exact) mass is 192 g/mol. The van der Waals surface area contributed by atoms with E-state index < -0.39 is 0 Å². The molecule has 1 aliphatic heterocycles. The molecule has 1 fully saturated rings. The Morgan fingerprint density at radius 1 is 1.50 bits per heavy atom. The van der Waals surface area contributed by atoms with Crippen LogP contribution in [0.15, 0.2) is 24.3 Å². The lowest BCUT2D eigenvalue weighted by atomic mass is 9.96. The predicted molar refractivity (Wildman–Crippen MR) is 51.1 cm³/mol. The third-order valence-electron chi connectivity index (χ3n) is 2.48. The maximum Gasteiger partial charge on any atom is 0.338 e. The number of benzene rings is 1. The summed E-state index contributed by atoms with van der Waals surface area (Å²) in [6, 6.07) is 7.38. The van der Waals surface area contributed by atoms with Crippen molar-refractivity contribution in [2.24, 2.45) is 0 Å². The van der Waals surface area contributed by atoms with E-state index in [0.29, 0.717) is 12.2 Å². The molecule has 0 bridgehead atoms. The van der Waals surface area contributed by atoms with Crippen molar-refractivity contribution in [1.82, 2.24) is 0 Å². The lowest BCUT2D eigenvalue weighted by Crippen LogP contribution is -2.12. The van der Waals surface area contributed by atoms with Crippen LogP contribution in [0.5, 0.6) is 0 Å². The zero-order chi connectivity index (χ0) is 10.2. The Bertz CT molecular complexity index is 367. The Hall–Kier alpha value is -1.35. The maximum atomic E-state index is 11.4. The molecule has 0 saturated carbocycles. The van der Waals surface area contributed by atoms with E-state index in [1.54, 1.807) is 6.07 Å². The van der Waals surface area contributed by atoms with Crippen molar-refractivity contribution < 1.29 is 14.3 Å². The van der Waals surface area contributed by atoms with Gasteiger partial charge < -0.3 is 9.47 Å². The largest absolute Gasteiger partial charge is 0.465 e. The summed E-state index contributed by atoms with van der Waals surface area (Å²) in [4.78, 5) is 11.4. The summed E-state index contributed by atoms with van der Waals surface area (Å²) in [6.07, 6.45) is 0. The molecule has 0 N–H and O–H groups in total. The van der Waals surface area contributed by atoms with Crippen LogP contribution < -0.4 is 0 Å². The first kappa shape index (κ1) is 9.21. The molecular weight excluding hydrogens is 180 g/mol. The summed E-state index contributed by atoms with van der Waals surface area (Å²) in [5.41, 5.74) is 1.21. The fourth-order valence-electron chi connectivity index (χ4n) is 1.50. The van der Waals surface area contributed by atoms with Crippen LogP contribution >= 0.6 is 0 Å². The minimum absolute atomic E-state index is 0.287. The number of carbonyl (C=O) groups is 1. The van der Waals surface area contributed by atoms with Crippen LogP contribution in [0.2, 0.25) is 0 Å². The van der Waals surface area contributed by atoms with Gasteiger partial charge in [-0.15, -0.1) is 0 Å². The van der Waals surface area contributed by atoms with Gasteiger partial charge in [-0.3, -0.25) is 0 Å². The van der Waals surface area contributed by atoms with Gasteiger partial charge in [0.1, 0.15) is 5.60 Å². The fraction of sp³-hybridized carbons (Fsp3) is 0.364. The molecule has 1 aromatic rings. The van der Waals surface area contributed by atoms with Gasteiger partial charge in [0, 0.05) is 5.56 Å². The molecule has 0 amide bonds. The first-order chi connectivity index (χ1) is 6.67. The average molecular weight is 192 g/mol. The Kier molecular flexibility index (Phi) is 2.04. The first-order valence-electron chi connectivity index (χ1n) is 4.49. The summed E-state index contributed by atoms with van der Waals surface area (Å²) in [5, 5.41) is 0. The fourth-order valence-corrected chi connectivity index (χ4v) is 1.50. The van der Waals surface area contributed by atoms with Crippen molar-refractivity contribution in [1.29, 1.82) is 0 Å². The summed E-state index contributed by atoms with van der Waals surface area (Å²) >= 11 is 0. The van der Waals surface area contributed by atoms with Crippen LogP contribution in [0.25, 0.3) is 0 Å². The van der Waals surface area contributed by atoms with E-state index in [0.717, 1.165) is 5.56 Å². The summed E-state index contributed by atoms with van der Waals surface area (Å²) in [7, 11) is 1.38. The number of carbonyl (C=O) groups excluding carboxylic acids is 1. The third kappa shape index (κ3) is 1.40. The average Bonchev–Trinajstić information content (AvgIpc) is 2.97. The predicted octanol–water partition coefficient (Wildman–Crippen LogP) is 1.72. The van der Waals surface area contributed by atoms with E-state index in [4.69, 9.17) is 9.47 Å². The molecule has 0 aliphatic carbocycles. The van der Waals surface area contributed by atoms with Crippen LogP contribution in [0, 0.1) is 0 Å². The zero-order valence-corrected chi connectivity index (χ0v) is 8.24. The van der Waals surface area contributed by atoms with Crippen molar-refractivity contribution >= 4 is 5.97 Å². The molecule has 3 heteroatoms. The SMILES string of the molecule is COC(=O)c1ccccc1C1(C)CO1. The molecule has 1 saturated heterocycles. The maximum absolute atomic E-state index is 11.4. The number of hydrogen-bond acceptors (Lipinski definition) is 3. The minimum Gasteiger partial charge on any atom is -0.465 e. The molecule has 3 nitrogen and oxygen atoms in total. The molecule has 0 aromatic heterocycles. The highest BCUT2D eigenvalue weighted by Crippen LogP contribution is 2.39. The van der Waals surface area contributed by atoms with E-state index in [1.165, 1.54) is 7.11 Å². The number of ether oxygens (including phenoxy) is 2. The van der Waals surface area contributed by atoms with Crippen molar-refractivity contribution in [2.75, 3.05) is 13.7 Å². The summed E-state index contributed by atoms with van der Waals surface area (Å²) < 4.78 is 10.0. The molecule has 74 valence electrons. The van der Waals surface area contributed by atoms with Gasteiger partial charge in [0.2, 0.25) is 0 Å². The smallest absolute Gasteiger partial charge is 0.338 e. The van der Waals surface area contributed by atoms with Crippen LogP contribution in [0.3, 0.4) is 0 Å². The quantitative estimate of drug-likeness (QED) is 0.529. The lowest BCUT2D eigenvalue weighted by Gasteiger charge is -2.10. The highest BCUT2D eigenvalue weighted by molar-refractivity contribution is 5.91. The molecule has 0 spiro atoms. The van der Waals surface area contributed by atoms with Crippen molar-refractivity contribution in [3.8, 4) is 0 Å². The molecule has 2 rings (SSSR count). The van der Waals surface area contributed by atoms with E-state index in [-0.39, 0.29) is 11.6 Å². The van der Waals surface area contributed by atoms with Crippen LogP contribution in [-0.2, 0) is 15.1 Å². The number of methoxy groups -OCH3 is 1. The van der Waals surface area contributed by atoms with Gasteiger partial charge in [-0.2, -0.15) is 0 Å². The summed E-state index contributed by atoms with van der Waals surface area (Å²) in [5.74, 6) is -0.308. The van der Waals surface area contributed by atoms with Crippen LogP contribution in [0.1, 0.15) is 22.8 Å². The van der Waals surface area contributed by atoms with E-state index >= 15 is 0 Å². The number of epoxide rings is 1. The van der Waals surface area contributed by atoms with Crippen LogP contribution in [0.4, 0.5) is 0 Å². The van der Waals surface area contributed by atoms with Gasteiger partial charge in [-0.1, -0.05) is 18.2 Å². The van der Waals surface area contributed by atoms with E-state index in [9.17, 15) is 4.79 Å². The molecule has 14 heavy (non-hydrogen) atoms. The summed E-state index contributed by atoms with van der Waals surface area (Å²) in [6.45, 7) is 2.63. The molecule has 0 radical (unpaired) electrons.